The Hall–Kier alpha value is -4.97. The number of aliphatic carboxylic acids is 1. The van der Waals surface area contributed by atoms with Crippen LogP contribution in [-0.4, -0.2) is 40.2 Å². The number of hydrogen-bond acceptors (Lipinski definition) is 4. The first-order valence-corrected chi connectivity index (χ1v) is 15.1. The molecule has 6 nitrogen and oxygen atoms in total. The lowest BCUT2D eigenvalue weighted by molar-refractivity contribution is -0.428. The molecule has 0 spiro atoms. The van der Waals surface area contributed by atoms with Crippen molar-refractivity contribution in [2.24, 2.45) is 0 Å². The smallest absolute Gasteiger partial charge is 0.370 e. The number of ketones is 1. The van der Waals surface area contributed by atoms with Crippen LogP contribution in [0.5, 0.6) is 0 Å². The Kier molecular flexibility index (Phi) is 6.02. The zero-order valence-corrected chi connectivity index (χ0v) is 25.6. The van der Waals surface area contributed by atoms with Gasteiger partial charge in [-0.3, -0.25) is 4.79 Å². The molecule has 4 aromatic rings. The molecule has 0 atom stereocenters. The number of benzene rings is 4. The zero-order chi connectivity index (χ0) is 31.1. The highest BCUT2D eigenvalue weighted by Gasteiger charge is 2.48. The van der Waals surface area contributed by atoms with Crippen molar-refractivity contribution in [3.05, 3.63) is 119 Å². The lowest BCUT2D eigenvalue weighted by Gasteiger charge is -2.32. The number of hydrogen-bond donors (Lipinski definition) is 1. The van der Waals surface area contributed by atoms with Gasteiger partial charge in [-0.2, -0.15) is 4.58 Å². The second-order valence-electron chi connectivity index (χ2n) is 12.9. The molecule has 7 rings (SSSR count). The third kappa shape index (κ3) is 3.76. The summed E-state index contributed by atoms with van der Waals surface area (Å²) in [5.74, 6) is -1.61. The van der Waals surface area contributed by atoms with Gasteiger partial charge in [-0.1, -0.05) is 74.2 Å². The van der Waals surface area contributed by atoms with E-state index >= 15 is 0 Å². The maximum atomic E-state index is 13.7. The molecular formula is C38H34N2O4. The number of allylic oxidation sites excluding steroid dienone is 5. The normalized spacial score (nSPS) is 20.2. The van der Waals surface area contributed by atoms with Crippen molar-refractivity contribution in [2.45, 2.75) is 45.4 Å². The van der Waals surface area contributed by atoms with Crippen molar-refractivity contribution >= 4 is 50.4 Å². The molecule has 1 N–H and O–H groups in total. The van der Waals surface area contributed by atoms with E-state index in [0.717, 1.165) is 38.8 Å². The number of carbonyl (C=O) groups excluding carboxylic acids is 1. The third-order valence-corrected chi connectivity index (χ3v) is 9.66. The standard InChI is InChI=1S/C38H34N2O4/c1-6-39-28-17-15-22-11-7-9-13-24(22)33(28)37(2,3)30(39)19-26-35(43)27(36(26)44)20-31-38(4,5)34-25-14-10-8-12-23(25)16-18-29(34)40(31)21-32(41)42/h7-20H,6,21H2,1-5H3,(H-,41,42,43,44). The van der Waals surface area contributed by atoms with E-state index in [1.165, 1.54) is 10.9 Å². The van der Waals surface area contributed by atoms with Crippen LogP contribution >= 0.6 is 0 Å². The molecule has 3 aliphatic rings. The summed E-state index contributed by atoms with van der Waals surface area (Å²) < 4.78 is 1.73. The summed E-state index contributed by atoms with van der Waals surface area (Å²) in [4.78, 5) is 27.9. The van der Waals surface area contributed by atoms with Crippen molar-refractivity contribution in [3.63, 3.8) is 0 Å². The molecule has 0 bridgehead atoms. The maximum absolute atomic E-state index is 13.7. The summed E-state index contributed by atoms with van der Waals surface area (Å²) in [6.45, 7) is 10.8. The molecule has 0 saturated heterocycles. The Morgan fingerprint density at radius 3 is 2.09 bits per heavy atom. The number of carbonyl (C=O) groups is 2. The molecule has 0 fully saturated rings. The third-order valence-electron chi connectivity index (χ3n) is 9.66. The minimum atomic E-state index is -0.990. The Labute approximate surface area is 256 Å². The van der Waals surface area contributed by atoms with Gasteiger partial charge in [0.05, 0.1) is 5.41 Å². The van der Waals surface area contributed by atoms with Crippen LogP contribution in [0.1, 0.15) is 45.7 Å². The van der Waals surface area contributed by atoms with Crippen LogP contribution in [0.25, 0.3) is 21.5 Å². The summed E-state index contributed by atoms with van der Waals surface area (Å²) in [5.41, 5.74) is 4.80. The predicted octanol–water partition coefficient (Wildman–Crippen LogP) is 6.28. The van der Waals surface area contributed by atoms with Gasteiger partial charge in [0.2, 0.25) is 12.2 Å². The lowest BCUT2D eigenvalue weighted by Crippen LogP contribution is -2.35. The molecule has 0 aromatic heterocycles. The number of carboxylic acids is 1. The number of likely N-dealkylation sites (N-methyl/N-ethyl adjacent to an activating group) is 1. The van der Waals surface area contributed by atoms with E-state index in [0.29, 0.717) is 12.3 Å². The van der Waals surface area contributed by atoms with E-state index in [-0.39, 0.29) is 29.2 Å². The molecule has 0 saturated carbocycles. The molecular weight excluding hydrogens is 548 g/mol. The Bertz CT molecular complexity index is 2090. The maximum Gasteiger partial charge on any atom is 0.370 e. The molecule has 1 aliphatic carbocycles. The fourth-order valence-corrected chi connectivity index (χ4v) is 7.61. The van der Waals surface area contributed by atoms with Gasteiger partial charge in [0, 0.05) is 52.2 Å². The largest absolute Gasteiger partial charge is 0.871 e. The van der Waals surface area contributed by atoms with Crippen molar-refractivity contribution in [1.29, 1.82) is 0 Å². The van der Waals surface area contributed by atoms with Crippen molar-refractivity contribution in [1.82, 2.24) is 0 Å². The zero-order valence-electron chi connectivity index (χ0n) is 25.6. The Balaban J connectivity index is 1.35. The van der Waals surface area contributed by atoms with Gasteiger partial charge in [0.25, 0.3) is 0 Å². The molecule has 0 unspecified atom stereocenters. The predicted molar refractivity (Wildman–Crippen MR) is 173 cm³/mol. The number of anilines is 1. The van der Waals surface area contributed by atoms with Crippen LogP contribution in [0.3, 0.4) is 0 Å². The molecule has 4 aromatic carbocycles. The first-order valence-electron chi connectivity index (χ1n) is 15.1. The number of nitrogens with zero attached hydrogens (tertiary/aromatic N) is 2. The fourth-order valence-electron chi connectivity index (χ4n) is 7.61. The van der Waals surface area contributed by atoms with E-state index in [2.05, 4.69) is 49.9 Å². The number of rotatable bonds is 5. The van der Waals surface area contributed by atoms with E-state index < -0.39 is 16.8 Å². The number of carboxylic acid groups (broad SMARTS) is 1. The first kappa shape index (κ1) is 27.8. The average Bonchev–Trinajstić information content (AvgIpc) is 3.36. The highest BCUT2D eigenvalue weighted by Crippen LogP contribution is 2.51. The first-order chi connectivity index (χ1) is 21.0. The molecule has 44 heavy (non-hydrogen) atoms. The highest BCUT2D eigenvalue weighted by molar-refractivity contribution is 6.24. The fraction of sp³-hybridized carbons (Fsp3) is 0.237. The molecule has 0 radical (unpaired) electrons. The van der Waals surface area contributed by atoms with Gasteiger partial charge in [-0.05, 0) is 66.1 Å². The van der Waals surface area contributed by atoms with Crippen molar-refractivity contribution in [3.8, 4) is 0 Å². The van der Waals surface area contributed by atoms with Crippen molar-refractivity contribution < 1.29 is 24.4 Å². The minimum absolute atomic E-state index is 0.0919. The Morgan fingerprint density at radius 1 is 0.864 bits per heavy atom. The molecule has 6 heteroatoms. The number of Topliss-reactive ketones (excluding diaryl/α,β-unsaturated/α-hetero) is 1. The quantitative estimate of drug-likeness (QED) is 0.221. The van der Waals surface area contributed by atoms with Gasteiger partial charge in [-0.15, -0.1) is 0 Å². The van der Waals surface area contributed by atoms with Gasteiger partial charge < -0.3 is 15.1 Å². The molecule has 2 aliphatic heterocycles. The van der Waals surface area contributed by atoms with Gasteiger partial charge in [0.15, 0.2) is 11.5 Å². The summed E-state index contributed by atoms with van der Waals surface area (Å²) in [5, 5.41) is 27.9. The minimum Gasteiger partial charge on any atom is -0.871 e. The average molecular weight is 583 g/mol. The van der Waals surface area contributed by atoms with Crippen LogP contribution < -0.4 is 10.0 Å². The van der Waals surface area contributed by atoms with Crippen LogP contribution in [0, 0.1) is 0 Å². The second-order valence-corrected chi connectivity index (χ2v) is 12.9. The van der Waals surface area contributed by atoms with E-state index in [1.807, 2.05) is 62.4 Å². The monoisotopic (exact) mass is 582 g/mol. The van der Waals surface area contributed by atoms with Crippen LogP contribution in [0.4, 0.5) is 11.4 Å². The SMILES string of the molecule is CCN1/C(=C/C2=C([O-])C(=C/C3=[N+](CC(=O)O)c4ccc5ccccc5c4C3(C)C)/C2=O)C(C)(C)c2c1ccc1ccccc21. The van der Waals surface area contributed by atoms with Gasteiger partial charge >= 0.3 is 5.97 Å². The summed E-state index contributed by atoms with van der Waals surface area (Å²) >= 11 is 0. The summed E-state index contributed by atoms with van der Waals surface area (Å²) in [6.07, 6.45) is 3.41. The van der Waals surface area contributed by atoms with Gasteiger partial charge in [-0.25, -0.2) is 4.79 Å². The van der Waals surface area contributed by atoms with Crippen molar-refractivity contribution in [2.75, 3.05) is 18.0 Å². The van der Waals surface area contributed by atoms with E-state index in [9.17, 15) is 19.8 Å². The second kappa shape index (κ2) is 9.52. The van der Waals surface area contributed by atoms with E-state index in [4.69, 9.17) is 0 Å². The van der Waals surface area contributed by atoms with E-state index in [1.54, 1.807) is 16.7 Å². The summed E-state index contributed by atoms with van der Waals surface area (Å²) in [7, 11) is 0. The molecule has 2 heterocycles. The molecule has 220 valence electrons. The Morgan fingerprint density at radius 2 is 1.48 bits per heavy atom. The molecule has 0 amide bonds. The highest BCUT2D eigenvalue weighted by atomic mass is 16.4. The van der Waals surface area contributed by atoms with Gasteiger partial charge in [0.1, 0.15) is 0 Å². The van der Waals surface area contributed by atoms with Crippen LogP contribution in [0.15, 0.2) is 108 Å². The van der Waals surface area contributed by atoms with Crippen LogP contribution in [-0.2, 0) is 20.4 Å². The van der Waals surface area contributed by atoms with Crippen LogP contribution in [0.2, 0.25) is 0 Å². The lowest BCUT2D eigenvalue weighted by atomic mass is 9.76. The topological polar surface area (TPSA) is 83.7 Å². The number of fused-ring (bicyclic) bond motifs is 6. The summed E-state index contributed by atoms with van der Waals surface area (Å²) in [6, 6.07) is 24.5.